The second-order valence-corrected chi connectivity index (χ2v) is 22.0. The van der Waals surface area contributed by atoms with Crippen LogP contribution in [0.4, 0.5) is 0 Å². The van der Waals surface area contributed by atoms with Crippen LogP contribution in [-0.4, -0.2) is 82.3 Å². The maximum atomic E-state index is 12.8. The average Bonchev–Trinajstić information content (AvgIpc) is 3.36. The molecule has 2 unspecified atom stereocenters. The summed E-state index contributed by atoms with van der Waals surface area (Å²) in [4.78, 5) is 37.2. The number of carboxylic acids is 1. The number of unbranched alkanes of at least 4 members (excludes halogenated alkanes) is 34. The molecular weight excluding hydrogens is 911 g/mol. The van der Waals surface area contributed by atoms with E-state index in [2.05, 4.69) is 62.5 Å². The third-order valence-corrected chi connectivity index (χ3v) is 13.6. The van der Waals surface area contributed by atoms with Crippen molar-refractivity contribution >= 4 is 17.9 Å². The predicted molar refractivity (Wildman–Crippen MR) is 306 cm³/mol. The fraction of sp³-hybridized carbons (Fsp3) is 0.828. The van der Waals surface area contributed by atoms with Crippen LogP contribution in [0.15, 0.2) is 48.6 Å². The van der Waals surface area contributed by atoms with E-state index in [1.54, 1.807) is 0 Å². The van der Waals surface area contributed by atoms with Gasteiger partial charge in [-0.2, -0.15) is 0 Å². The van der Waals surface area contributed by atoms with Crippen LogP contribution in [0.1, 0.15) is 284 Å². The average molecular weight is 1030 g/mol. The zero-order chi connectivity index (χ0) is 53.4. The lowest BCUT2D eigenvalue weighted by Gasteiger charge is -2.26. The van der Waals surface area contributed by atoms with Gasteiger partial charge in [-0.05, 0) is 51.4 Å². The van der Waals surface area contributed by atoms with Gasteiger partial charge in [-0.1, -0.05) is 268 Å². The van der Waals surface area contributed by atoms with Crippen LogP contribution in [-0.2, 0) is 33.3 Å². The smallest absolute Gasteiger partial charge is 0.306 e. The summed E-state index contributed by atoms with van der Waals surface area (Å²) in [6.45, 7) is 4.61. The molecule has 0 heterocycles. The maximum Gasteiger partial charge on any atom is 0.306 e. The first kappa shape index (κ1) is 70.2. The monoisotopic (exact) mass is 1030 g/mol. The number of likely N-dealkylation sites (N-methyl/N-ethyl adjacent to an activating group) is 1. The zero-order valence-corrected chi connectivity index (χ0v) is 48.5. The molecule has 0 bridgehead atoms. The molecule has 0 N–H and O–H groups in total. The van der Waals surface area contributed by atoms with Gasteiger partial charge in [-0.15, -0.1) is 0 Å². The standard InChI is InChI=1S/C64H117NO8/c1-6-8-10-12-14-16-18-20-22-23-24-25-26-27-28-29-30-31-32-33-34-35-36-37-38-39-41-42-44-46-48-50-52-54-61(66)71-58-60(59-72-64(63(68)69)70-57-56-65(3,4)5)73-62(67)55-53-51-49-47-45-43-40-21-19-17-15-13-11-9-7-2/h9,11,15,17,21,40,45,47,60,64H,6-8,10,12-14,16,18-20,22-39,41-44,46,48-59H2,1-5H3/b11-9-,17-15-,40-21-,47-45-. The Hall–Kier alpha value is -2.75. The number of carboxylic acid groups (broad SMARTS) is 1. The van der Waals surface area contributed by atoms with Crippen molar-refractivity contribution in [2.24, 2.45) is 0 Å². The van der Waals surface area contributed by atoms with Crippen molar-refractivity contribution in [3.05, 3.63) is 48.6 Å². The second-order valence-electron chi connectivity index (χ2n) is 22.0. The van der Waals surface area contributed by atoms with Crippen molar-refractivity contribution in [1.29, 1.82) is 0 Å². The highest BCUT2D eigenvalue weighted by Gasteiger charge is 2.22. The third-order valence-electron chi connectivity index (χ3n) is 13.6. The molecule has 0 spiro atoms. The Kier molecular flexibility index (Phi) is 53.4. The lowest BCUT2D eigenvalue weighted by Crippen LogP contribution is -2.44. The summed E-state index contributed by atoms with van der Waals surface area (Å²) in [6, 6.07) is 0. The molecule has 9 heteroatoms. The lowest BCUT2D eigenvalue weighted by molar-refractivity contribution is -0.870. The van der Waals surface area contributed by atoms with Crippen molar-refractivity contribution in [1.82, 2.24) is 0 Å². The number of aliphatic carboxylic acids is 1. The molecular formula is C64H117NO8. The van der Waals surface area contributed by atoms with Gasteiger partial charge in [-0.3, -0.25) is 9.59 Å². The number of allylic oxidation sites excluding steroid dienone is 8. The quantitative estimate of drug-likeness (QED) is 0.0195. The summed E-state index contributed by atoms with van der Waals surface area (Å²) in [5, 5.41) is 11.8. The minimum Gasteiger partial charge on any atom is -0.545 e. The number of hydrogen-bond donors (Lipinski definition) is 0. The van der Waals surface area contributed by atoms with E-state index < -0.39 is 24.3 Å². The minimum absolute atomic E-state index is 0.139. The molecule has 0 rings (SSSR count). The highest BCUT2D eigenvalue weighted by atomic mass is 16.7. The van der Waals surface area contributed by atoms with Gasteiger partial charge in [0.2, 0.25) is 0 Å². The van der Waals surface area contributed by atoms with Gasteiger partial charge in [0.1, 0.15) is 13.2 Å². The van der Waals surface area contributed by atoms with E-state index in [0.29, 0.717) is 17.4 Å². The van der Waals surface area contributed by atoms with Gasteiger partial charge in [0, 0.05) is 12.8 Å². The largest absolute Gasteiger partial charge is 0.545 e. The predicted octanol–water partition coefficient (Wildman–Crippen LogP) is 16.9. The van der Waals surface area contributed by atoms with Crippen LogP contribution in [0.3, 0.4) is 0 Å². The van der Waals surface area contributed by atoms with Crippen LogP contribution in [0.25, 0.3) is 0 Å². The first-order valence-corrected chi connectivity index (χ1v) is 30.8. The maximum absolute atomic E-state index is 12.8. The molecule has 0 aromatic heterocycles. The van der Waals surface area contributed by atoms with E-state index in [1.165, 1.54) is 193 Å². The van der Waals surface area contributed by atoms with E-state index in [1.807, 2.05) is 21.1 Å². The minimum atomic E-state index is -1.63. The van der Waals surface area contributed by atoms with Crippen molar-refractivity contribution in [3.63, 3.8) is 0 Å². The summed E-state index contributed by atoms with van der Waals surface area (Å²) in [6.07, 6.45) is 66.4. The summed E-state index contributed by atoms with van der Waals surface area (Å²) in [5.41, 5.74) is 0. The van der Waals surface area contributed by atoms with Crippen molar-refractivity contribution in [2.75, 3.05) is 47.5 Å². The summed E-state index contributed by atoms with van der Waals surface area (Å²) in [7, 11) is 5.91. The number of carbonyl (C=O) groups is 3. The van der Waals surface area contributed by atoms with E-state index >= 15 is 0 Å². The molecule has 0 amide bonds. The van der Waals surface area contributed by atoms with Crippen molar-refractivity contribution in [3.8, 4) is 0 Å². The van der Waals surface area contributed by atoms with Gasteiger partial charge in [0.25, 0.3) is 0 Å². The van der Waals surface area contributed by atoms with E-state index in [-0.39, 0.29) is 38.6 Å². The topological polar surface area (TPSA) is 111 Å². The van der Waals surface area contributed by atoms with Crippen LogP contribution in [0.2, 0.25) is 0 Å². The molecule has 0 aromatic rings. The molecule has 0 aromatic carbocycles. The fourth-order valence-corrected chi connectivity index (χ4v) is 8.88. The molecule has 0 fully saturated rings. The summed E-state index contributed by atoms with van der Waals surface area (Å²) < 4.78 is 22.6. The van der Waals surface area contributed by atoms with Crippen LogP contribution in [0.5, 0.6) is 0 Å². The number of rotatable bonds is 57. The van der Waals surface area contributed by atoms with Gasteiger partial charge >= 0.3 is 11.9 Å². The highest BCUT2D eigenvalue weighted by Crippen LogP contribution is 2.18. The molecule has 9 nitrogen and oxygen atoms in total. The Morgan fingerprint density at radius 3 is 1.16 bits per heavy atom. The number of nitrogens with zero attached hydrogens (tertiary/aromatic N) is 1. The molecule has 426 valence electrons. The molecule has 2 atom stereocenters. The Bertz CT molecular complexity index is 1340. The fourth-order valence-electron chi connectivity index (χ4n) is 8.88. The van der Waals surface area contributed by atoms with Crippen LogP contribution in [0, 0.1) is 0 Å². The Morgan fingerprint density at radius 2 is 0.781 bits per heavy atom. The third kappa shape index (κ3) is 56.8. The SMILES string of the molecule is CC/C=C\C/C=C\C/C=C\C/C=C\CCCCC(=O)OC(COC(=O)CCCCCCCCCCCCCCCCCCCCCCCCCCCCCCCCCCC)COC(OCC[N+](C)(C)C)C(=O)[O-]. The first-order chi connectivity index (χ1) is 35.6. The Balaban J connectivity index is 4.04. The van der Waals surface area contributed by atoms with Crippen molar-refractivity contribution in [2.45, 2.75) is 296 Å². The Morgan fingerprint density at radius 1 is 0.425 bits per heavy atom. The van der Waals surface area contributed by atoms with Gasteiger partial charge in [0.05, 0.1) is 40.3 Å². The number of carbonyl (C=O) groups excluding carboxylic acids is 3. The second kappa shape index (κ2) is 55.5. The van der Waals surface area contributed by atoms with Crippen molar-refractivity contribution < 1.29 is 42.9 Å². The van der Waals surface area contributed by atoms with Gasteiger partial charge < -0.3 is 33.3 Å². The normalized spacial score (nSPS) is 13.1. The summed E-state index contributed by atoms with van der Waals surface area (Å²) >= 11 is 0. The zero-order valence-electron chi connectivity index (χ0n) is 48.5. The number of quaternary nitrogens is 1. The number of esters is 2. The van der Waals surface area contributed by atoms with Gasteiger partial charge in [-0.25, -0.2) is 0 Å². The lowest BCUT2D eigenvalue weighted by atomic mass is 10.0. The van der Waals surface area contributed by atoms with E-state index in [9.17, 15) is 19.5 Å². The first-order valence-electron chi connectivity index (χ1n) is 30.8. The molecule has 0 aliphatic carbocycles. The molecule has 0 saturated heterocycles. The molecule has 0 radical (unpaired) electrons. The van der Waals surface area contributed by atoms with Crippen LogP contribution >= 0.6 is 0 Å². The molecule has 0 aliphatic heterocycles. The molecule has 0 aliphatic rings. The summed E-state index contributed by atoms with van der Waals surface area (Å²) in [5.74, 6) is -2.33. The highest BCUT2D eigenvalue weighted by molar-refractivity contribution is 5.70. The molecule has 0 saturated carbocycles. The number of hydrogen-bond acceptors (Lipinski definition) is 8. The molecule has 73 heavy (non-hydrogen) atoms. The van der Waals surface area contributed by atoms with Gasteiger partial charge in [0.15, 0.2) is 12.4 Å². The Labute approximate surface area is 451 Å². The number of ether oxygens (including phenoxy) is 4. The van der Waals surface area contributed by atoms with Crippen LogP contribution < -0.4 is 5.11 Å². The van der Waals surface area contributed by atoms with E-state index in [4.69, 9.17) is 18.9 Å². The van der Waals surface area contributed by atoms with E-state index in [0.717, 1.165) is 57.8 Å².